The molecular weight excluding hydrogens is 595 g/mol. The number of likely N-dealkylation sites (tertiary alicyclic amines) is 1. The number of hydrogen-bond acceptors (Lipinski definition) is 8. The molecule has 1 aromatic carbocycles. The van der Waals surface area contributed by atoms with Crippen molar-refractivity contribution < 1.29 is 37.5 Å². The Morgan fingerprint density at radius 3 is 2.41 bits per heavy atom. The van der Waals surface area contributed by atoms with Crippen molar-refractivity contribution in [3.63, 3.8) is 0 Å². The van der Waals surface area contributed by atoms with Crippen LogP contribution in [-0.2, 0) is 19.1 Å². The first kappa shape index (κ1) is 33.7. The Morgan fingerprint density at radius 1 is 1.04 bits per heavy atom. The Morgan fingerprint density at radius 2 is 1.76 bits per heavy atom. The highest BCUT2D eigenvalue weighted by atomic mass is 19.1. The number of carbonyl (C=O) groups excluding carboxylic acids is 4. The van der Waals surface area contributed by atoms with Gasteiger partial charge in [-0.1, -0.05) is 32.1 Å². The zero-order valence-electron chi connectivity index (χ0n) is 27.3. The van der Waals surface area contributed by atoms with Gasteiger partial charge in [0, 0.05) is 24.2 Å². The molecule has 11 nitrogen and oxygen atoms in total. The van der Waals surface area contributed by atoms with Gasteiger partial charge in [-0.15, -0.1) is 0 Å². The number of ether oxygens (including phenoxy) is 2. The standard InChI is InChI=1S/C34H47FN4O7/c1-34(2,3)46-33(43)38-26(19-35)21-10-12-22(13-11-21)31(41)39-17-16-24(20-8-6-5-7-9-20)28(39)29(40)36-23-14-15-25-27(18-23)45-30(37-25)32(42)44-4/h14-15,18,20-22,24,26,28H,5-13,16-17,19H2,1-4H3,(H,36,40)(H,38,43)/t21?,22?,24-,26+,28-/m0/s1. The summed E-state index contributed by atoms with van der Waals surface area (Å²) in [6, 6.07) is 3.72. The number of esters is 1. The summed E-state index contributed by atoms with van der Waals surface area (Å²) in [6.45, 7) is 5.10. The van der Waals surface area contributed by atoms with E-state index in [1.807, 2.05) is 0 Å². The van der Waals surface area contributed by atoms with Gasteiger partial charge in [-0.3, -0.25) is 9.59 Å². The minimum absolute atomic E-state index is 0.0257. The van der Waals surface area contributed by atoms with E-state index < -0.39 is 36.4 Å². The lowest BCUT2D eigenvalue weighted by molar-refractivity contribution is -0.142. The van der Waals surface area contributed by atoms with Gasteiger partial charge in [0.1, 0.15) is 23.8 Å². The second-order valence-electron chi connectivity index (χ2n) is 14.0. The Hall–Kier alpha value is -3.70. The van der Waals surface area contributed by atoms with Crippen LogP contribution >= 0.6 is 0 Å². The number of carbonyl (C=O) groups is 4. The van der Waals surface area contributed by atoms with Crippen molar-refractivity contribution in [1.29, 1.82) is 0 Å². The Bertz CT molecular complexity index is 1410. The molecule has 2 heterocycles. The number of fused-ring (bicyclic) bond motifs is 1. The number of amides is 3. The van der Waals surface area contributed by atoms with Gasteiger partial charge in [-0.05, 0) is 82.8 Å². The van der Waals surface area contributed by atoms with Crippen molar-refractivity contribution in [3.05, 3.63) is 24.1 Å². The van der Waals surface area contributed by atoms with E-state index in [-0.39, 0.29) is 35.5 Å². The topological polar surface area (TPSA) is 140 Å². The molecule has 1 saturated heterocycles. The molecule has 2 N–H and O–H groups in total. The van der Waals surface area contributed by atoms with Crippen LogP contribution in [0.1, 0.15) is 95.7 Å². The predicted octanol–water partition coefficient (Wildman–Crippen LogP) is 6.02. The summed E-state index contributed by atoms with van der Waals surface area (Å²) < 4.78 is 29.6. The molecule has 3 fully saturated rings. The monoisotopic (exact) mass is 642 g/mol. The summed E-state index contributed by atoms with van der Waals surface area (Å²) in [7, 11) is 1.25. The minimum atomic E-state index is -0.705. The van der Waals surface area contributed by atoms with Crippen molar-refractivity contribution in [2.75, 3.05) is 25.6 Å². The van der Waals surface area contributed by atoms with E-state index >= 15 is 0 Å². The molecule has 2 aliphatic carbocycles. The zero-order valence-corrected chi connectivity index (χ0v) is 27.3. The molecule has 1 aliphatic heterocycles. The van der Waals surface area contributed by atoms with E-state index in [2.05, 4.69) is 15.6 Å². The van der Waals surface area contributed by atoms with Gasteiger partial charge in [0.15, 0.2) is 5.58 Å². The van der Waals surface area contributed by atoms with Gasteiger partial charge in [0.25, 0.3) is 0 Å². The first-order chi connectivity index (χ1) is 22.0. The third-order valence-electron chi connectivity index (χ3n) is 9.83. The number of anilines is 1. The number of rotatable bonds is 8. The maximum atomic E-state index is 14.1. The molecule has 0 radical (unpaired) electrons. The Balaban J connectivity index is 1.27. The van der Waals surface area contributed by atoms with E-state index in [9.17, 15) is 23.6 Å². The molecule has 3 atom stereocenters. The quantitative estimate of drug-likeness (QED) is 0.333. The van der Waals surface area contributed by atoms with Gasteiger partial charge >= 0.3 is 18.0 Å². The van der Waals surface area contributed by atoms with Gasteiger partial charge < -0.3 is 29.4 Å². The van der Waals surface area contributed by atoms with Gasteiger partial charge in [-0.25, -0.2) is 19.0 Å². The first-order valence-electron chi connectivity index (χ1n) is 16.6. The van der Waals surface area contributed by atoms with E-state index in [0.29, 0.717) is 54.9 Å². The fraction of sp³-hybridized carbons (Fsp3) is 0.676. The van der Waals surface area contributed by atoms with Gasteiger partial charge in [0.2, 0.25) is 11.8 Å². The lowest BCUT2D eigenvalue weighted by Crippen LogP contribution is -2.50. The number of aromatic nitrogens is 1. The fourth-order valence-corrected chi connectivity index (χ4v) is 7.59. The number of nitrogens with one attached hydrogen (secondary N) is 2. The Labute approximate surface area is 269 Å². The molecule has 46 heavy (non-hydrogen) atoms. The zero-order chi connectivity index (χ0) is 33.0. The summed E-state index contributed by atoms with van der Waals surface area (Å²) in [4.78, 5) is 58.2. The maximum absolute atomic E-state index is 14.1. The second kappa shape index (κ2) is 14.4. The van der Waals surface area contributed by atoms with Crippen LogP contribution in [-0.4, -0.2) is 71.8 Å². The number of alkyl carbamates (subject to hydrolysis) is 1. The molecule has 2 aromatic rings. The van der Waals surface area contributed by atoms with Crippen LogP contribution < -0.4 is 10.6 Å². The van der Waals surface area contributed by atoms with E-state index in [0.717, 1.165) is 32.1 Å². The molecular formula is C34H47FN4O7. The molecule has 2 saturated carbocycles. The molecule has 1 aromatic heterocycles. The summed E-state index contributed by atoms with van der Waals surface area (Å²) in [5.74, 6) is -1.04. The molecule has 5 rings (SSSR count). The number of halogens is 1. The second-order valence-corrected chi connectivity index (χ2v) is 14.0. The Kier molecular flexibility index (Phi) is 10.5. The molecule has 0 unspecified atom stereocenters. The van der Waals surface area contributed by atoms with Crippen molar-refractivity contribution in [3.8, 4) is 0 Å². The molecule has 3 amide bonds. The van der Waals surface area contributed by atoms with Crippen LogP contribution in [0.2, 0.25) is 0 Å². The fourth-order valence-electron chi connectivity index (χ4n) is 7.59. The highest BCUT2D eigenvalue weighted by Crippen LogP contribution is 2.41. The third-order valence-corrected chi connectivity index (χ3v) is 9.83. The lowest BCUT2D eigenvalue weighted by Gasteiger charge is -2.37. The number of alkyl halides is 1. The highest BCUT2D eigenvalue weighted by Gasteiger charge is 2.47. The maximum Gasteiger partial charge on any atom is 0.407 e. The van der Waals surface area contributed by atoms with Crippen LogP contribution in [0.3, 0.4) is 0 Å². The number of hydrogen-bond donors (Lipinski definition) is 2. The van der Waals surface area contributed by atoms with Crippen molar-refractivity contribution in [2.24, 2.45) is 23.7 Å². The van der Waals surface area contributed by atoms with Crippen molar-refractivity contribution in [2.45, 2.75) is 103 Å². The normalized spacial score (nSPS) is 24.8. The van der Waals surface area contributed by atoms with Gasteiger partial charge in [0.05, 0.1) is 13.2 Å². The van der Waals surface area contributed by atoms with Crippen LogP contribution in [0.5, 0.6) is 0 Å². The van der Waals surface area contributed by atoms with Crippen LogP contribution in [0.15, 0.2) is 22.6 Å². The third kappa shape index (κ3) is 7.81. The smallest absolute Gasteiger partial charge is 0.407 e. The molecule has 0 bridgehead atoms. The summed E-state index contributed by atoms with van der Waals surface area (Å²) in [6.07, 6.45) is 8.03. The van der Waals surface area contributed by atoms with Crippen LogP contribution in [0, 0.1) is 23.7 Å². The summed E-state index contributed by atoms with van der Waals surface area (Å²) in [5, 5.41) is 5.70. The average Bonchev–Trinajstić information content (AvgIpc) is 3.67. The molecule has 3 aliphatic rings. The van der Waals surface area contributed by atoms with Gasteiger partial charge in [-0.2, -0.15) is 0 Å². The SMILES string of the molecule is COC(=O)c1nc2ccc(NC(=O)[C@@H]3[C@H](C4CCCCC4)CCN3C(=O)C3CCC([C@@H](CF)NC(=O)OC(C)(C)C)CC3)cc2o1. The van der Waals surface area contributed by atoms with Crippen LogP contribution in [0.4, 0.5) is 14.9 Å². The number of oxazole rings is 1. The van der Waals surface area contributed by atoms with E-state index in [1.54, 1.807) is 43.9 Å². The van der Waals surface area contributed by atoms with Crippen molar-refractivity contribution >= 4 is 40.7 Å². The number of benzene rings is 1. The molecule has 252 valence electrons. The van der Waals surface area contributed by atoms with Crippen molar-refractivity contribution in [1.82, 2.24) is 15.2 Å². The molecule has 12 heteroatoms. The molecule has 0 spiro atoms. The predicted molar refractivity (Wildman–Crippen MR) is 169 cm³/mol. The number of nitrogens with zero attached hydrogens (tertiary/aromatic N) is 2. The minimum Gasteiger partial charge on any atom is -0.462 e. The van der Waals surface area contributed by atoms with E-state index in [4.69, 9.17) is 13.9 Å². The highest BCUT2D eigenvalue weighted by molar-refractivity contribution is 5.99. The summed E-state index contributed by atoms with van der Waals surface area (Å²) in [5.41, 5.74) is 0.607. The first-order valence-corrected chi connectivity index (χ1v) is 16.6. The summed E-state index contributed by atoms with van der Waals surface area (Å²) >= 11 is 0. The lowest BCUT2D eigenvalue weighted by atomic mass is 9.76. The average molecular weight is 643 g/mol. The van der Waals surface area contributed by atoms with Crippen LogP contribution in [0.25, 0.3) is 11.1 Å². The van der Waals surface area contributed by atoms with E-state index in [1.165, 1.54) is 13.5 Å². The largest absolute Gasteiger partial charge is 0.462 e. The number of methoxy groups -OCH3 is 1.